The van der Waals surface area contributed by atoms with E-state index in [-0.39, 0.29) is 29.6 Å². The van der Waals surface area contributed by atoms with E-state index in [1.165, 1.54) is 12.1 Å². The van der Waals surface area contributed by atoms with Crippen LogP contribution in [-0.4, -0.2) is 73.3 Å². The van der Waals surface area contributed by atoms with Crippen LogP contribution in [0.4, 0.5) is 4.39 Å². The van der Waals surface area contributed by atoms with Crippen molar-refractivity contribution in [2.75, 3.05) is 40.8 Å². The molecule has 0 spiro atoms. The van der Waals surface area contributed by atoms with Gasteiger partial charge in [-0.15, -0.1) is 0 Å². The number of furan rings is 1. The van der Waals surface area contributed by atoms with Gasteiger partial charge in [0.25, 0.3) is 5.91 Å². The van der Waals surface area contributed by atoms with Crippen molar-refractivity contribution in [1.82, 2.24) is 14.7 Å². The van der Waals surface area contributed by atoms with Gasteiger partial charge in [0.05, 0.1) is 6.54 Å². The van der Waals surface area contributed by atoms with E-state index in [0.29, 0.717) is 37.4 Å². The number of fused-ring (bicyclic) bond motifs is 1. The molecule has 4 rings (SSSR count). The first kappa shape index (κ1) is 24.0. The van der Waals surface area contributed by atoms with Crippen LogP contribution in [0.15, 0.2) is 59.0 Å². The lowest BCUT2D eigenvalue weighted by Crippen LogP contribution is -2.50. The molecule has 34 heavy (non-hydrogen) atoms. The molecular formula is C27H32FN3O3. The maximum atomic E-state index is 13.4. The van der Waals surface area contributed by atoms with Gasteiger partial charge in [0, 0.05) is 31.6 Å². The van der Waals surface area contributed by atoms with Crippen LogP contribution in [0, 0.1) is 11.7 Å². The van der Waals surface area contributed by atoms with Gasteiger partial charge in [0.1, 0.15) is 11.4 Å². The highest BCUT2D eigenvalue weighted by molar-refractivity contribution is 5.96. The van der Waals surface area contributed by atoms with Crippen molar-refractivity contribution in [2.24, 2.45) is 5.92 Å². The first-order valence-electron chi connectivity index (χ1n) is 11.7. The number of hydrogen-bond acceptors (Lipinski definition) is 4. The van der Waals surface area contributed by atoms with E-state index >= 15 is 0 Å². The van der Waals surface area contributed by atoms with Crippen molar-refractivity contribution >= 4 is 22.8 Å². The number of piperidine rings is 1. The Hall–Kier alpha value is -3.19. The molecule has 7 heteroatoms. The number of para-hydroxylation sites is 1. The Labute approximate surface area is 199 Å². The third-order valence-electron chi connectivity index (χ3n) is 6.71. The molecule has 1 unspecified atom stereocenters. The molecule has 0 saturated carbocycles. The minimum absolute atomic E-state index is 0.0265. The molecule has 0 bridgehead atoms. The summed E-state index contributed by atoms with van der Waals surface area (Å²) in [6.45, 7) is 1.55. The number of amides is 2. The monoisotopic (exact) mass is 465 g/mol. The lowest BCUT2D eigenvalue weighted by Gasteiger charge is -2.40. The molecule has 6 nitrogen and oxygen atoms in total. The topological polar surface area (TPSA) is 57.0 Å². The van der Waals surface area contributed by atoms with Crippen molar-refractivity contribution in [3.63, 3.8) is 0 Å². The summed E-state index contributed by atoms with van der Waals surface area (Å²) in [5.41, 5.74) is 1.71. The molecule has 0 N–H and O–H groups in total. The molecule has 1 aliphatic heterocycles. The highest BCUT2D eigenvalue weighted by Gasteiger charge is 2.33. The second kappa shape index (κ2) is 10.4. The van der Waals surface area contributed by atoms with E-state index in [9.17, 15) is 14.0 Å². The average molecular weight is 466 g/mol. The highest BCUT2D eigenvalue weighted by atomic mass is 19.1. The van der Waals surface area contributed by atoms with Crippen molar-refractivity contribution in [3.8, 4) is 0 Å². The SMILES string of the molecule is CN(C)CC(=O)N(C)C(Cc1ccc(F)cc1)C1CCN(C(=O)c2cc3ccccc3o2)CC1. The van der Waals surface area contributed by atoms with Crippen LogP contribution >= 0.6 is 0 Å². The minimum atomic E-state index is -0.269. The van der Waals surface area contributed by atoms with Crippen LogP contribution in [-0.2, 0) is 11.2 Å². The summed E-state index contributed by atoms with van der Waals surface area (Å²) in [5.74, 6) is 0.288. The molecule has 0 aliphatic carbocycles. The summed E-state index contributed by atoms with van der Waals surface area (Å²) >= 11 is 0. The molecule has 1 fully saturated rings. The predicted octanol–water partition coefficient (Wildman–Crippen LogP) is 4.06. The van der Waals surface area contributed by atoms with E-state index < -0.39 is 0 Å². The molecule has 2 heterocycles. The van der Waals surface area contributed by atoms with Gasteiger partial charge < -0.3 is 19.1 Å². The van der Waals surface area contributed by atoms with Gasteiger partial charge in [-0.2, -0.15) is 0 Å². The van der Waals surface area contributed by atoms with Gasteiger partial charge in [-0.1, -0.05) is 30.3 Å². The number of rotatable bonds is 7. The Morgan fingerprint density at radius 2 is 1.74 bits per heavy atom. The molecule has 0 radical (unpaired) electrons. The molecule has 1 aromatic heterocycles. The second-order valence-corrected chi connectivity index (χ2v) is 9.42. The van der Waals surface area contributed by atoms with Crippen molar-refractivity contribution in [1.29, 1.82) is 0 Å². The van der Waals surface area contributed by atoms with Crippen LogP contribution in [0.2, 0.25) is 0 Å². The van der Waals surface area contributed by atoms with Crippen molar-refractivity contribution in [3.05, 3.63) is 71.7 Å². The van der Waals surface area contributed by atoms with Gasteiger partial charge in [-0.05, 0) is 69.1 Å². The fourth-order valence-electron chi connectivity index (χ4n) is 4.78. The zero-order valence-electron chi connectivity index (χ0n) is 20.0. The third-order valence-corrected chi connectivity index (χ3v) is 6.71. The maximum absolute atomic E-state index is 13.4. The van der Waals surface area contributed by atoms with Gasteiger partial charge in [0.15, 0.2) is 5.76 Å². The number of halogens is 1. The second-order valence-electron chi connectivity index (χ2n) is 9.42. The number of carbonyl (C=O) groups excluding carboxylic acids is 2. The number of likely N-dealkylation sites (N-methyl/N-ethyl adjacent to an activating group) is 2. The smallest absolute Gasteiger partial charge is 0.289 e. The quantitative estimate of drug-likeness (QED) is 0.528. The fourth-order valence-corrected chi connectivity index (χ4v) is 4.78. The summed E-state index contributed by atoms with van der Waals surface area (Å²) in [6.07, 6.45) is 2.23. The number of likely N-dealkylation sites (tertiary alicyclic amines) is 1. The van der Waals surface area contributed by atoms with E-state index in [0.717, 1.165) is 23.8 Å². The molecule has 1 atom stereocenters. The number of hydrogen-bond donors (Lipinski definition) is 0. The Bertz CT molecular complexity index is 1100. The zero-order chi connectivity index (χ0) is 24.2. The van der Waals surface area contributed by atoms with Crippen molar-refractivity contribution < 1.29 is 18.4 Å². The largest absolute Gasteiger partial charge is 0.451 e. The van der Waals surface area contributed by atoms with Gasteiger partial charge in [-0.3, -0.25) is 9.59 Å². The van der Waals surface area contributed by atoms with Crippen molar-refractivity contribution in [2.45, 2.75) is 25.3 Å². The first-order valence-corrected chi connectivity index (χ1v) is 11.7. The molecule has 2 aromatic carbocycles. The van der Waals surface area contributed by atoms with E-state index in [4.69, 9.17) is 4.42 Å². The summed E-state index contributed by atoms with van der Waals surface area (Å²) in [6, 6.07) is 15.9. The van der Waals surface area contributed by atoms with Crippen LogP contribution < -0.4 is 0 Å². The number of nitrogens with zero attached hydrogens (tertiary/aromatic N) is 3. The lowest BCUT2D eigenvalue weighted by atomic mass is 9.84. The van der Waals surface area contributed by atoms with Crippen LogP contribution in [0.3, 0.4) is 0 Å². The molecule has 2 amide bonds. The molecule has 180 valence electrons. The Morgan fingerprint density at radius 1 is 1.06 bits per heavy atom. The fraction of sp³-hybridized carbons (Fsp3) is 0.407. The molecule has 3 aromatic rings. The number of benzene rings is 2. The normalized spacial score (nSPS) is 15.6. The highest BCUT2D eigenvalue weighted by Crippen LogP contribution is 2.28. The Balaban J connectivity index is 1.46. The summed E-state index contributed by atoms with van der Waals surface area (Å²) in [4.78, 5) is 31.5. The zero-order valence-corrected chi connectivity index (χ0v) is 20.0. The number of carbonyl (C=O) groups is 2. The van der Waals surface area contributed by atoms with E-state index in [1.807, 2.05) is 60.1 Å². The molecule has 1 aliphatic rings. The van der Waals surface area contributed by atoms with E-state index in [1.54, 1.807) is 18.2 Å². The summed E-state index contributed by atoms with van der Waals surface area (Å²) in [5, 5.41) is 0.918. The summed E-state index contributed by atoms with van der Waals surface area (Å²) < 4.78 is 19.2. The molecule has 1 saturated heterocycles. The lowest BCUT2D eigenvalue weighted by molar-refractivity contribution is -0.134. The third kappa shape index (κ3) is 5.47. The minimum Gasteiger partial charge on any atom is -0.451 e. The van der Waals surface area contributed by atoms with Crippen LogP contribution in [0.25, 0.3) is 11.0 Å². The molecular weight excluding hydrogens is 433 g/mol. The summed E-state index contributed by atoms with van der Waals surface area (Å²) in [7, 11) is 5.61. The van der Waals surface area contributed by atoms with Crippen LogP contribution in [0.5, 0.6) is 0 Å². The standard InChI is InChI=1S/C27H32FN3O3/c1-29(2)18-26(32)30(3)23(16-19-8-10-22(28)11-9-19)20-12-14-31(15-13-20)27(33)25-17-21-6-4-5-7-24(21)34-25/h4-11,17,20,23H,12-16,18H2,1-3H3. The first-order chi connectivity index (χ1) is 16.3. The predicted molar refractivity (Wildman–Crippen MR) is 130 cm³/mol. The van der Waals surface area contributed by atoms with Gasteiger partial charge in [-0.25, -0.2) is 4.39 Å². The van der Waals surface area contributed by atoms with Crippen LogP contribution in [0.1, 0.15) is 29.0 Å². The van der Waals surface area contributed by atoms with Gasteiger partial charge >= 0.3 is 0 Å². The maximum Gasteiger partial charge on any atom is 0.289 e. The average Bonchev–Trinajstić information content (AvgIpc) is 3.27. The van der Waals surface area contributed by atoms with Gasteiger partial charge in [0.2, 0.25) is 5.91 Å². The Kier molecular flexibility index (Phi) is 7.32. The van der Waals surface area contributed by atoms with E-state index in [2.05, 4.69) is 0 Å². The Morgan fingerprint density at radius 3 is 2.38 bits per heavy atom.